The molecule has 5 nitrogen and oxygen atoms in total. The van der Waals surface area contributed by atoms with Crippen LogP contribution < -0.4 is 11.5 Å². The highest BCUT2D eigenvalue weighted by atomic mass is 16.5. The van der Waals surface area contributed by atoms with Crippen molar-refractivity contribution >= 4 is 12.9 Å². The average Bonchev–Trinajstić information content (AvgIpc) is 2.48. The number of hydrogen-bond donors (Lipinski definition) is 2. The first-order chi connectivity index (χ1) is 6.69. The molecule has 1 aliphatic rings. The summed E-state index contributed by atoms with van der Waals surface area (Å²) in [5.74, 6) is -0.465. The van der Waals surface area contributed by atoms with Crippen LogP contribution in [-0.2, 0) is 14.2 Å². The lowest BCUT2D eigenvalue weighted by atomic mass is 9.58. The molecule has 0 aliphatic carbocycles. The normalized spacial score (nSPS) is 26.6. The smallest absolute Gasteiger partial charge is 0.310 e. The zero-order chi connectivity index (χ0) is 10.6. The molecule has 14 heavy (non-hydrogen) atoms. The average molecular weight is 200 g/mol. The summed E-state index contributed by atoms with van der Waals surface area (Å²) >= 11 is 0. The summed E-state index contributed by atoms with van der Waals surface area (Å²) in [4.78, 5) is 11.5. The molecule has 0 amide bonds. The van der Waals surface area contributed by atoms with Crippen LogP contribution in [0.3, 0.4) is 0 Å². The van der Waals surface area contributed by atoms with Gasteiger partial charge in [-0.05, 0) is 19.7 Å². The van der Waals surface area contributed by atoms with E-state index in [4.69, 9.17) is 20.9 Å². The highest BCUT2D eigenvalue weighted by Crippen LogP contribution is 2.31. The molecule has 1 heterocycles. The lowest BCUT2D eigenvalue weighted by Gasteiger charge is -2.13. The second kappa shape index (κ2) is 5.33. The van der Waals surface area contributed by atoms with Crippen LogP contribution in [0.5, 0.6) is 0 Å². The minimum absolute atomic E-state index is 0.0148. The molecule has 1 fully saturated rings. The maximum absolute atomic E-state index is 11.5. The number of esters is 1. The van der Waals surface area contributed by atoms with Crippen molar-refractivity contribution in [3.05, 3.63) is 0 Å². The van der Waals surface area contributed by atoms with Crippen LogP contribution in [0.25, 0.3) is 0 Å². The molecule has 1 saturated heterocycles. The lowest BCUT2D eigenvalue weighted by Crippen LogP contribution is -2.29. The van der Waals surface area contributed by atoms with E-state index in [1.54, 1.807) is 6.92 Å². The summed E-state index contributed by atoms with van der Waals surface area (Å²) < 4.78 is 10.2. The van der Waals surface area contributed by atoms with Gasteiger partial charge in [0, 0.05) is 6.04 Å². The van der Waals surface area contributed by atoms with Gasteiger partial charge >= 0.3 is 12.9 Å². The lowest BCUT2D eigenvalue weighted by molar-refractivity contribution is -0.143. The van der Waals surface area contributed by atoms with E-state index in [1.807, 2.05) is 0 Å². The van der Waals surface area contributed by atoms with Crippen molar-refractivity contribution in [3.63, 3.8) is 0 Å². The minimum Gasteiger partial charge on any atom is -0.466 e. The molecular weight excluding hydrogens is 183 g/mol. The zero-order valence-corrected chi connectivity index (χ0v) is 8.44. The van der Waals surface area contributed by atoms with Crippen molar-refractivity contribution in [3.8, 4) is 0 Å². The Kier molecular flexibility index (Phi) is 4.38. The maximum Gasteiger partial charge on any atom is 0.310 e. The molecule has 4 N–H and O–H groups in total. The van der Waals surface area contributed by atoms with Crippen LogP contribution in [0.2, 0.25) is 12.1 Å². The highest BCUT2D eigenvalue weighted by molar-refractivity contribution is 6.59. The number of hydrogen-bond acceptors (Lipinski definition) is 5. The van der Waals surface area contributed by atoms with E-state index in [2.05, 4.69) is 0 Å². The van der Waals surface area contributed by atoms with E-state index in [1.165, 1.54) is 0 Å². The molecule has 1 aliphatic heterocycles. The zero-order valence-electron chi connectivity index (χ0n) is 8.44. The largest absolute Gasteiger partial charge is 0.466 e. The quantitative estimate of drug-likeness (QED) is 0.365. The Labute approximate surface area is 84.2 Å². The van der Waals surface area contributed by atoms with Gasteiger partial charge in [-0.1, -0.05) is 0 Å². The van der Waals surface area contributed by atoms with E-state index >= 15 is 0 Å². The second-order valence-corrected chi connectivity index (χ2v) is 3.46. The van der Waals surface area contributed by atoms with Crippen LogP contribution in [-0.4, -0.2) is 32.3 Å². The molecule has 80 valence electrons. The number of carbonyl (C=O) groups excluding carboxylic acids is 1. The van der Waals surface area contributed by atoms with E-state index in [0.29, 0.717) is 19.3 Å². The molecule has 0 aromatic rings. The van der Waals surface area contributed by atoms with Crippen LogP contribution in [0.15, 0.2) is 0 Å². The Balaban J connectivity index is 2.52. The SMILES string of the molecule is CCOC(=O)[C@@H]1C[C@@H](N)CB1OCN. The molecule has 0 saturated carbocycles. The summed E-state index contributed by atoms with van der Waals surface area (Å²) in [6, 6.07) is 0.0148. The summed E-state index contributed by atoms with van der Waals surface area (Å²) in [5, 5.41) is 0. The fourth-order valence-electron chi connectivity index (χ4n) is 1.84. The van der Waals surface area contributed by atoms with Gasteiger partial charge in [0.2, 0.25) is 0 Å². The molecule has 0 radical (unpaired) electrons. The molecule has 0 aromatic carbocycles. The maximum atomic E-state index is 11.5. The van der Waals surface area contributed by atoms with Crippen LogP contribution in [0, 0.1) is 0 Å². The summed E-state index contributed by atoms with van der Waals surface area (Å²) in [5.41, 5.74) is 11.0. The van der Waals surface area contributed by atoms with Gasteiger partial charge in [-0.2, -0.15) is 0 Å². The number of nitrogens with two attached hydrogens (primary N) is 2. The van der Waals surface area contributed by atoms with Gasteiger partial charge in [0.25, 0.3) is 0 Å². The Bertz CT molecular complexity index is 203. The monoisotopic (exact) mass is 200 g/mol. The Morgan fingerprint density at radius 1 is 1.64 bits per heavy atom. The van der Waals surface area contributed by atoms with Gasteiger partial charge in [0.15, 0.2) is 0 Å². The first-order valence-electron chi connectivity index (χ1n) is 4.92. The summed E-state index contributed by atoms with van der Waals surface area (Å²) in [6.07, 6.45) is 1.31. The molecule has 2 atom stereocenters. The first-order valence-corrected chi connectivity index (χ1v) is 4.92. The van der Waals surface area contributed by atoms with E-state index < -0.39 is 0 Å². The Morgan fingerprint density at radius 3 is 2.93 bits per heavy atom. The van der Waals surface area contributed by atoms with Gasteiger partial charge in [-0.3, -0.25) is 4.79 Å². The molecular formula is C8H17BN2O3. The van der Waals surface area contributed by atoms with Gasteiger partial charge in [-0.15, -0.1) is 0 Å². The molecule has 6 heteroatoms. The Hall–Kier alpha value is -0.585. The summed E-state index contributed by atoms with van der Waals surface area (Å²) in [6.45, 7) is 2.12. The predicted octanol–water partition coefficient (Wildman–Crippen LogP) is -0.425. The van der Waals surface area contributed by atoms with Gasteiger partial charge in [0.1, 0.15) is 0 Å². The third-order valence-electron chi connectivity index (χ3n) is 2.44. The van der Waals surface area contributed by atoms with Crippen LogP contribution >= 0.6 is 0 Å². The minimum atomic E-state index is -0.242. The van der Waals surface area contributed by atoms with Crippen molar-refractivity contribution in [2.24, 2.45) is 11.5 Å². The Morgan fingerprint density at radius 2 is 2.36 bits per heavy atom. The molecule has 0 unspecified atom stereocenters. The van der Waals surface area contributed by atoms with E-state index in [-0.39, 0.29) is 31.5 Å². The third-order valence-corrected chi connectivity index (χ3v) is 2.44. The molecule has 1 rings (SSSR count). The van der Waals surface area contributed by atoms with Crippen LogP contribution in [0.4, 0.5) is 0 Å². The van der Waals surface area contributed by atoms with Gasteiger partial charge < -0.3 is 20.9 Å². The van der Waals surface area contributed by atoms with Gasteiger partial charge in [0.05, 0.1) is 19.2 Å². The standard InChI is InChI=1S/C8H17BN2O3/c1-2-13-8(12)7-3-6(11)4-9(7)14-5-10/h6-7H,2-5,10-11H2,1H3/t6-,7+/m1/s1. The fraction of sp³-hybridized carbons (Fsp3) is 0.875. The number of carbonyl (C=O) groups is 1. The van der Waals surface area contributed by atoms with Gasteiger partial charge in [-0.25, -0.2) is 0 Å². The van der Waals surface area contributed by atoms with Crippen molar-refractivity contribution in [2.75, 3.05) is 13.3 Å². The summed E-state index contributed by atoms with van der Waals surface area (Å²) in [7, 11) is 0. The van der Waals surface area contributed by atoms with Crippen LogP contribution in [0.1, 0.15) is 13.3 Å². The van der Waals surface area contributed by atoms with E-state index in [0.717, 1.165) is 0 Å². The molecule has 0 aromatic heterocycles. The second-order valence-electron chi connectivity index (χ2n) is 3.46. The van der Waals surface area contributed by atoms with Crippen molar-refractivity contribution in [1.29, 1.82) is 0 Å². The fourth-order valence-corrected chi connectivity index (χ4v) is 1.84. The van der Waals surface area contributed by atoms with Crippen molar-refractivity contribution < 1.29 is 14.2 Å². The molecule has 0 bridgehead atoms. The number of rotatable bonds is 4. The first kappa shape index (κ1) is 11.5. The van der Waals surface area contributed by atoms with Crippen molar-refractivity contribution in [2.45, 2.75) is 31.5 Å². The highest BCUT2D eigenvalue weighted by Gasteiger charge is 2.42. The van der Waals surface area contributed by atoms with E-state index in [9.17, 15) is 4.79 Å². The van der Waals surface area contributed by atoms with Crippen molar-refractivity contribution in [1.82, 2.24) is 0 Å². The predicted molar refractivity (Wildman–Crippen MR) is 53.7 cm³/mol. The number of ether oxygens (including phenoxy) is 1. The topological polar surface area (TPSA) is 87.6 Å². The molecule has 0 spiro atoms. The third kappa shape index (κ3) is 2.70.